The molecule has 0 radical (unpaired) electrons. The Kier molecular flexibility index (Phi) is 7.30. The van der Waals surface area contributed by atoms with E-state index in [1.807, 2.05) is 44.2 Å². The quantitative estimate of drug-likeness (QED) is 0.560. The molecule has 0 aromatic heterocycles. The average molecular weight is 412 g/mol. The lowest BCUT2D eigenvalue weighted by Crippen LogP contribution is -2.36. The van der Waals surface area contributed by atoms with Crippen LogP contribution in [0, 0.1) is 13.8 Å². The minimum atomic E-state index is -0.230. The van der Waals surface area contributed by atoms with Crippen molar-refractivity contribution < 1.29 is 19.0 Å². The largest absolute Gasteiger partial charge is 0.497 e. The highest BCUT2D eigenvalue weighted by Gasteiger charge is 2.16. The predicted molar refractivity (Wildman–Crippen MR) is 118 cm³/mol. The fraction of sp³-hybridized carbons (Fsp3) is 0.391. The van der Waals surface area contributed by atoms with E-state index in [9.17, 15) is 4.79 Å². The first-order chi connectivity index (χ1) is 14.5. The summed E-state index contributed by atoms with van der Waals surface area (Å²) in [5.41, 5.74) is 3.47. The fourth-order valence-electron chi connectivity index (χ4n) is 3.17. The van der Waals surface area contributed by atoms with Gasteiger partial charge in [0.15, 0.2) is 0 Å². The van der Waals surface area contributed by atoms with E-state index < -0.39 is 0 Å². The van der Waals surface area contributed by atoms with Crippen LogP contribution in [-0.4, -0.2) is 45.3 Å². The zero-order valence-electron chi connectivity index (χ0n) is 18.0. The summed E-state index contributed by atoms with van der Waals surface area (Å²) in [5.74, 6) is 1.39. The van der Waals surface area contributed by atoms with Crippen LogP contribution in [0.1, 0.15) is 34.3 Å². The van der Waals surface area contributed by atoms with Gasteiger partial charge in [0, 0.05) is 36.1 Å². The van der Waals surface area contributed by atoms with Gasteiger partial charge in [-0.05, 0) is 49.9 Å². The Balaban J connectivity index is 1.81. The molecule has 0 bridgehead atoms. The van der Waals surface area contributed by atoms with Crippen LogP contribution in [0.25, 0.3) is 0 Å². The summed E-state index contributed by atoms with van der Waals surface area (Å²) in [5, 5.41) is 6.07. The minimum Gasteiger partial charge on any atom is -0.497 e. The Morgan fingerprint density at radius 2 is 1.83 bits per heavy atom. The summed E-state index contributed by atoms with van der Waals surface area (Å²) in [7, 11) is 3.18. The van der Waals surface area contributed by atoms with Crippen molar-refractivity contribution in [1.82, 2.24) is 5.32 Å². The van der Waals surface area contributed by atoms with Crippen LogP contribution in [0.15, 0.2) is 41.4 Å². The summed E-state index contributed by atoms with van der Waals surface area (Å²) in [4.78, 5) is 17.4. The van der Waals surface area contributed by atoms with E-state index in [1.165, 1.54) is 0 Å². The minimum absolute atomic E-state index is 0.0696. The second-order valence-electron chi connectivity index (χ2n) is 7.30. The number of methoxy groups -OCH3 is 2. The molecule has 1 saturated heterocycles. The third-order valence-corrected chi connectivity index (χ3v) is 5.09. The second kappa shape index (κ2) is 10.1. The van der Waals surface area contributed by atoms with Gasteiger partial charge in [0.05, 0.1) is 26.9 Å². The van der Waals surface area contributed by atoms with Crippen LogP contribution in [0.3, 0.4) is 0 Å². The van der Waals surface area contributed by atoms with E-state index in [2.05, 4.69) is 15.6 Å². The van der Waals surface area contributed by atoms with E-state index in [1.54, 1.807) is 20.3 Å². The van der Waals surface area contributed by atoms with E-state index >= 15 is 0 Å². The number of carbonyl (C=O) groups is 1. The summed E-state index contributed by atoms with van der Waals surface area (Å²) in [6, 6.07) is 11.0. The first-order valence-electron chi connectivity index (χ1n) is 10.0. The summed E-state index contributed by atoms with van der Waals surface area (Å²) in [6.07, 6.45) is 2.07. The van der Waals surface area contributed by atoms with Crippen molar-refractivity contribution in [1.29, 1.82) is 0 Å². The van der Waals surface area contributed by atoms with E-state index in [0.717, 1.165) is 30.6 Å². The molecule has 30 heavy (non-hydrogen) atoms. The molecule has 0 saturated carbocycles. The molecule has 7 nitrogen and oxygen atoms in total. The maximum absolute atomic E-state index is 12.8. The molecule has 0 spiro atoms. The molecule has 1 unspecified atom stereocenters. The van der Waals surface area contributed by atoms with E-state index in [0.29, 0.717) is 35.3 Å². The molecule has 1 aliphatic heterocycles. The van der Waals surface area contributed by atoms with Gasteiger partial charge >= 0.3 is 0 Å². The molecule has 1 aliphatic rings. The lowest BCUT2D eigenvalue weighted by Gasteiger charge is -2.15. The number of amides is 1. The summed E-state index contributed by atoms with van der Waals surface area (Å²) in [6.45, 7) is 5.23. The van der Waals surface area contributed by atoms with E-state index in [4.69, 9.17) is 14.2 Å². The number of nitrogens with one attached hydrogen (secondary N) is 2. The Morgan fingerprint density at radius 3 is 2.43 bits per heavy atom. The molecule has 160 valence electrons. The molecular weight excluding hydrogens is 382 g/mol. The summed E-state index contributed by atoms with van der Waals surface area (Å²) >= 11 is 0. The Labute approximate surface area is 177 Å². The van der Waals surface area contributed by atoms with Crippen molar-refractivity contribution in [2.45, 2.75) is 32.8 Å². The maximum atomic E-state index is 12.8. The molecule has 1 amide bonds. The highest BCUT2D eigenvalue weighted by atomic mass is 16.5. The number of aryl methyl sites for hydroxylation is 2. The standard InChI is InChI=1S/C23H29N3O4/c1-15-7-8-17(10-16(15)2)22(27)26-23(24-14-19-6-5-9-30-19)25-18-11-20(28-3)13-21(12-18)29-4/h7-8,10-13,19H,5-6,9,14H2,1-4H3,(H2,24,25,26,27). The number of hydrogen-bond donors (Lipinski definition) is 2. The predicted octanol–water partition coefficient (Wildman–Crippen LogP) is 3.70. The average Bonchev–Trinajstić information content (AvgIpc) is 3.27. The van der Waals surface area contributed by atoms with Gasteiger partial charge in [-0.15, -0.1) is 0 Å². The zero-order chi connectivity index (χ0) is 21.5. The Bertz CT molecular complexity index is 898. The van der Waals surface area contributed by atoms with Crippen molar-refractivity contribution in [3.05, 3.63) is 53.1 Å². The number of benzene rings is 2. The third-order valence-electron chi connectivity index (χ3n) is 5.09. The second-order valence-corrected chi connectivity index (χ2v) is 7.30. The van der Waals surface area contributed by atoms with Crippen molar-refractivity contribution in [2.24, 2.45) is 4.99 Å². The number of aliphatic imine (C=N–C) groups is 1. The molecule has 1 fully saturated rings. The number of guanidine groups is 1. The monoisotopic (exact) mass is 411 g/mol. The van der Waals surface area contributed by atoms with Crippen LogP contribution in [0.2, 0.25) is 0 Å². The van der Waals surface area contributed by atoms with Crippen molar-refractivity contribution in [2.75, 3.05) is 32.7 Å². The van der Waals surface area contributed by atoms with Gasteiger partial charge in [0.2, 0.25) is 5.96 Å². The molecule has 2 aromatic carbocycles. The molecule has 3 rings (SSSR count). The zero-order valence-corrected chi connectivity index (χ0v) is 18.0. The molecular formula is C23H29N3O4. The first kappa shape index (κ1) is 21.6. The summed E-state index contributed by atoms with van der Waals surface area (Å²) < 4.78 is 16.3. The number of carbonyl (C=O) groups excluding carboxylic acids is 1. The van der Waals surface area contributed by atoms with Gasteiger partial charge in [-0.1, -0.05) is 6.07 Å². The highest BCUT2D eigenvalue weighted by molar-refractivity contribution is 6.10. The topological polar surface area (TPSA) is 81.2 Å². The number of hydrogen-bond acceptors (Lipinski definition) is 5. The number of rotatable bonds is 6. The molecule has 1 heterocycles. The number of nitrogens with zero attached hydrogens (tertiary/aromatic N) is 1. The van der Waals surface area contributed by atoms with Gasteiger partial charge < -0.3 is 19.5 Å². The van der Waals surface area contributed by atoms with Crippen LogP contribution >= 0.6 is 0 Å². The smallest absolute Gasteiger partial charge is 0.257 e. The van der Waals surface area contributed by atoms with Crippen LogP contribution in [0.5, 0.6) is 11.5 Å². The van der Waals surface area contributed by atoms with Crippen LogP contribution < -0.4 is 20.1 Å². The van der Waals surface area contributed by atoms with Crippen molar-refractivity contribution in [3.63, 3.8) is 0 Å². The van der Waals surface area contributed by atoms with Gasteiger partial charge in [-0.3, -0.25) is 10.1 Å². The van der Waals surface area contributed by atoms with Crippen LogP contribution in [0.4, 0.5) is 5.69 Å². The fourth-order valence-corrected chi connectivity index (χ4v) is 3.17. The number of ether oxygens (including phenoxy) is 3. The van der Waals surface area contributed by atoms with Gasteiger partial charge in [0.1, 0.15) is 11.5 Å². The molecule has 0 aliphatic carbocycles. The highest BCUT2D eigenvalue weighted by Crippen LogP contribution is 2.25. The van der Waals surface area contributed by atoms with Crippen molar-refractivity contribution >= 4 is 17.6 Å². The Morgan fingerprint density at radius 1 is 1.10 bits per heavy atom. The third kappa shape index (κ3) is 5.73. The van der Waals surface area contributed by atoms with Gasteiger partial charge in [-0.25, -0.2) is 4.99 Å². The molecule has 7 heteroatoms. The molecule has 2 aromatic rings. The molecule has 1 atom stereocenters. The normalized spacial score (nSPS) is 16.3. The van der Waals surface area contributed by atoms with Gasteiger partial charge in [0.25, 0.3) is 5.91 Å². The maximum Gasteiger partial charge on any atom is 0.257 e. The van der Waals surface area contributed by atoms with Crippen LogP contribution in [-0.2, 0) is 4.74 Å². The first-order valence-corrected chi connectivity index (χ1v) is 10.0. The SMILES string of the molecule is COc1cc(NC(=NCC2CCCO2)NC(=O)c2ccc(C)c(C)c2)cc(OC)c1. The molecule has 2 N–H and O–H groups in total. The number of anilines is 1. The van der Waals surface area contributed by atoms with Gasteiger partial charge in [-0.2, -0.15) is 0 Å². The lowest BCUT2D eigenvalue weighted by molar-refractivity contribution is 0.0975. The lowest BCUT2D eigenvalue weighted by atomic mass is 10.1. The van der Waals surface area contributed by atoms with E-state index in [-0.39, 0.29) is 12.0 Å². The Hall–Kier alpha value is -3.06. The van der Waals surface area contributed by atoms with Crippen molar-refractivity contribution in [3.8, 4) is 11.5 Å².